The third kappa shape index (κ3) is 10.2. The van der Waals surface area contributed by atoms with Crippen LogP contribution in [0.5, 0.6) is 0 Å². The molecule has 0 bridgehead atoms. The van der Waals surface area contributed by atoms with Gasteiger partial charge in [-0.25, -0.2) is 0 Å². The third-order valence-corrected chi connectivity index (χ3v) is 2.07. The second-order valence-corrected chi connectivity index (χ2v) is 3.29. The highest BCUT2D eigenvalue weighted by atomic mass is 127. The predicted octanol–water partition coefficient (Wildman–Crippen LogP) is 4.46. The minimum atomic E-state index is 1.25. The summed E-state index contributed by atoms with van der Waals surface area (Å²) >= 11 is 2.27. The lowest BCUT2D eigenvalue weighted by atomic mass is 10.1. The van der Waals surface area contributed by atoms with E-state index in [0.29, 0.717) is 0 Å². The first-order valence-corrected chi connectivity index (χ1v) is 5.52. The van der Waals surface area contributed by atoms with Gasteiger partial charge in [0.05, 0.1) is 0 Å². The van der Waals surface area contributed by atoms with Crippen LogP contribution in [0, 0.1) is 0 Å². The summed E-state index contributed by atoms with van der Waals surface area (Å²) in [4.78, 5) is 0. The molecule has 0 N–H and O–H groups in total. The second kappa shape index (κ2) is 10.2. The van der Waals surface area contributed by atoms with Crippen LogP contribution in [0.3, 0.4) is 0 Å². The maximum Gasteiger partial charge on any atom is -0.0274 e. The number of rotatable bonds is 6. The minimum Gasteiger partial charge on any atom is -0.0917 e. The summed E-state index contributed by atoms with van der Waals surface area (Å²) in [6, 6.07) is 0. The van der Waals surface area contributed by atoms with Gasteiger partial charge in [-0.15, -0.1) is 0 Å². The van der Waals surface area contributed by atoms with Gasteiger partial charge < -0.3 is 0 Å². The van der Waals surface area contributed by atoms with E-state index in [2.05, 4.69) is 51.8 Å². The van der Waals surface area contributed by atoms with Gasteiger partial charge in [0.25, 0.3) is 0 Å². The minimum absolute atomic E-state index is 1.25. The molecule has 64 valence electrons. The van der Waals surface area contributed by atoms with Crippen molar-refractivity contribution < 1.29 is 0 Å². The first-order chi connectivity index (χ1) is 5.41. The Hall–Kier alpha value is 0.210. The molecule has 0 amide bonds. The van der Waals surface area contributed by atoms with E-state index in [1.54, 1.807) is 0 Å². The molecule has 0 saturated carbocycles. The van der Waals surface area contributed by atoms with Crippen LogP contribution in [0.1, 0.15) is 39.0 Å². The van der Waals surface area contributed by atoms with Crippen LogP contribution in [-0.4, -0.2) is 0 Å². The van der Waals surface area contributed by atoms with Crippen molar-refractivity contribution in [2.24, 2.45) is 0 Å². The van der Waals surface area contributed by atoms with Gasteiger partial charge in [0.2, 0.25) is 0 Å². The Morgan fingerprint density at radius 3 is 2.18 bits per heavy atom. The molecule has 11 heavy (non-hydrogen) atoms. The van der Waals surface area contributed by atoms with Crippen LogP contribution >= 0.6 is 22.6 Å². The largest absolute Gasteiger partial charge is 0.0917 e. The van der Waals surface area contributed by atoms with Crippen molar-refractivity contribution in [1.82, 2.24) is 0 Å². The first kappa shape index (κ1) is 11.2. The molecule has 0 aromatic carbocycles. The lowest BCUT2D eigenvalue weighted by Crippen LogP contribution is -1.73. The molecule has 0 aliphatic heterocycles. The Labute approximate surface area is 83.9 Å². The third-order valence-electron chi connectivity index (χ3n) is 1.57. The summed E-state index contributed by atoms with van der Waals surface area (Å²) in [7, 11) is 0. The van der Waals surface area contributed by atoms with Gasteiger partial charge in [0.1, 0.15) is 0 Å². The quantitative estimate of drug-likeness (QED) is 0.377. The summed E-state index contributed by atoms with van der Waals surface area (Å²) in [6.07, 6.45) is 13.2. The maximum atomic E-state index is 2.27. The van der Waals surface area contributed by atoms with Crippen LogP contribution in [0.15, 0.2) is 22.3 Å². The maximum absolute atomic E-state index is 2.27. The SMILES string of the molecule is C/C=C/CCCCC/C=C/I. The molecule has 0 atom stereocenters. The fraction of sp³-hybridized carbons (Fsp3) is 0.600. The molecule has 0 aromatic rings. The predicted molar refractivity (Wildman–Crippen MR) is 61.1 cm³/mol. The van der Waals surface area contributed by atoms with Crippen molar-refractivity contribution in [3.8, 4) is 0 Å². The summed E-state index contributed by atoms with van der Waals surface area (Å²) in [5.41, 5.74) is 0. The highest BCUT2D eigenvalue weighted by Gasteiger charge is 1.84. The van der Waals surface area contributed by atoms with E-state index in [0.717, 1.165) is 0 Å². The van der Waals surface area contributed by atoms with Crippen molar-refractivity contribution in [2.75, 3.05) is 0 Å². The van der Waals surface area contributed by atoms with Gasteiger partial charge in [-0.3, -0.25) is 0 Å². The smallest absolute Gasteiger partial charge is 0.0274 e. The number of hydrogen-bond acceptors (Lipinski definition) is 0. The molecule has 0 spiro atoms. The first-order valence-electron chi connectivity index (χ1n) is 4.28. The molecule has 0 nitrogen and oxygen atoms in total. The van der Waals surface area contributed by atoms with Crippen molar-refractivity contribution >= 4 is 22.6 Å². The Kier molecular flexibility index (Phi) is 10.4. The van der Waals surface area contributed by atoms with E-state index in [1.807, 2.05) is 0 Å². The zero-order valence-corrected chi connectivity index (χ0v) is 9.38. The monoisotopic (exact) mass is 264 g/mol. The van der Waals surface area contributed by atoms with Gasteiger partial charge in [-0.2, -0.15) is 0 Å². The van der Waals surface area contributed by atoms with E-state index < -0.39 is 0 Å². The molecule has 0 saturated heterocycles. The van der Waals surface area contributed by atoms with Crippen LogP contribution in [0.25, 0.3) is 0 Å². The van der Waals surface area contributed by atoms with E-state index in [4.69, 9.17) is 0 Å². The molecule has 1 heteroatoms. The fourth-order valence-corrected chi connectivity index (χ4v) is 1.29. The summed E-state index contributed by atoms with van der Waals surface area (Å²) in [5.74, 6) is 0. The lowest BCUT2D eigenvalue weighted by molar-refractivity contribution is 0.696. The molecule has 0 radical (unpaired) electrons. The number of unbranched alkanes of at least 4 members (excludes halogenated alkanes) is 4. The van der Waals surface area contributed by atoms with Crippen LogP contribution in [0.4, 0.5) is 0 Å². The zero-order valence-electron chi connectivity index (χ0n) is 7.22. The molecule has 0 heterocycles. The van der Waals surface area contributed by atoms with Gasteiger partial charge >= 0.3 is 0 Å². The van der Waals surface area contributed by atoms with E-state index in [9.17, 15) is 0 Å². The number of halogens is 1. The zero-order chi connectivity index (χ0) is 8.36. The Morgan fingerprint density at radius 1 is 1.00 bits per heavy atom. The van der Waals surface area contributed by atoms with E-state index in [1.165, 1.54) is 32.1 Å². The highest BCUT2D eigenvalue weighted by Crippen LogP contribution is 2.04. The summed E-state index contributed by atoms with van der Waals surface area (Å²) in [6.45, 7) is 2.08. The Morgan fingerprint density at radius 2 is 1.64 bits per heavy atom. The topological polar surface area (TPSA) is 0 Å². The number of hydrogen-bond donors (Lipinski definition) is 0. The fourth-order valence-electron chi connectivity index (χ4n) is 0.931. The molecule has 0 fully saturated rings. The van der Waals surface area contributed by atoms with Crippen molar-refractivity contribution in [2.45, 2.75) is 39.0 Å². The van der Waals surface area contributed by atoms with Gasteiger partial charge in [-0.05, 0) is 36.7 Å². The average molecular weight is 264 g/mol. The van der Waals surface area contributed by atoms with Crippen molar-refractivity contribution in [3.63, 3.8) is 0 Å². The molecular formula is C10H17I. The van der Waals surface area contributed by atoms with Crippen LogP contribution in [0.2, 0.25) is 0 Å². The van der Waals surface area contributed by atoms with Gasteiger partial charge in [0, 0.05) is 0 Å². The normalized spacial score (nSPS) is 11.8. The summed E-state index contributed by atoms with van der Waals surface area (Å²) < 4.78 is 2.10. The molecular weight excluding hydrogens is 247 g/mol. The molecule has 0 aliphatic rings. The highest BCUT2D eigenvalue weighted by molar-refractivity contribution is 14.1. The van der Waals surface area contributed by atoms with E-state index >= 15 is 0 Å². The standard InChI is InChI=1S/C10H17I/c1-2-3-4-5-6-7-8-9-10-11/h2-3,9-10H,4-8H2,1H3/b3-2+,10-9+. The van der Waals surface area contributed by atoms with Crippen LogP contribution in [-0.2, 0) is 0 Å². The van der Waals surface area contributed by atoms with Crippen LogP contribution < -0.4 is 0 Å². The summed E-state index contributed by atoms with van der Waals surface area (Å²) in [5, 5.41) is 0. The Balaban J connectivity index is 2.90. The van der Waals surface area contributed by atoms with Gasteiger partial charge in [-0.1, -0.05) is 47.2 Å². The molecule has 0 aliphatic carbocycles. The van der Waals surface area contributed by atoms with E-state index in [-0.39, 0.29) is 0 Å². The molecule has 0 aromatic heterocycles. The lowest BCUT2D eigenvalue weighted by Gasteiger charge is -1.93. The molecule has 0 unspecified atom stereocenters. The van der Waals surface area contributed by atoms with Crippen molar-refractivity contribution in [1.29, 1.82) is 0 Å². The molecule has 0 rings (SSSR count). The van der Waals surface area contributed by atoms with Gasteiger partial charge in [0.15, 0.2) is 0 Å². The number of allylic oxidation sites excluding steroid dienone is 3. The van der Waals surface area contributed by atoms with Crippen molar-refractivity contribution in [3.05, 3.63) is 22.3 Å². The second-order valence-electron chi connectivity index (χ2n) is 2.57. The Bertz CT molecular complexity index is 100. The average Bonchev–Trinajstić information content (AvgIpc) is 2.03.